The van der Waals surface area contributed by atoms with Crippen molar-refractivity contribution < 1.29 is 0 Å². The van der Waals surface area contributed by atoms with Crippen LogP contribution < -0.4 is 5.73 Å². The highest BCUT2D eigenvalue weighted by molar-refractivity contribution is 9.10. The first-order valence-corrected chi connectivity index (χ1v) is 6.99. The quantitative estimate of drug-likeness (QED) is 0.836. The van der Waals surface area contributed by atoms with Crippen molar-refractivity contribution in [2.45, 2.75) is 45.1 Å². The number of aryl methyl sites for hydroxylation is 1. The highest BCUT2D eigenvalue weighted by atomic mass is 79.9. The molecule has 3 heteroatoms. The average Bonchev–Trinajstić information content (AvgIpc) is 2.33. The van der Waals surface area contributed by atoms with E-state index in [1.807, 2.05) is 0 Å². The summed E-state index contributed by atoms with van der Waals surface area (Å²) in [6.45, 7) is 2.11. The van der Waals surface area contributed by atoms with Crippen molar-refractivity contribution >= 4 is 28.3 Å². The monoisotopic (exact) mass is 317 g/mol. The first-order valence-electron chi connectivity index (χ1n) is 6.20. The Hall–Kier alpha value is -0.0500. The van der Waals surface area contributed by atoms with Crippen LogP contribution in [-0.2, 0) is 0 Å². The molecule has 1 aromatic carbocycles. The Morgan fingerprint density at radius 2 is 1.88 bits per heavy atom. The number of hydrogen-bond acceptors (Lipinski definition) is 1. The van der Waals surface area contributed by atoms with Gasteiger partial charge < -0.3 is 5.73 Å². The molecule has 0 radical (unpaired) electrons. The molecule has 1 aromatic rings. The van der Waals surface area contributed by atoms with Gasteiger partial charge in [-0.15, -0.1) is 12.4 Å². The van der Waals surface area contributed by atoms with E-state index >= 15 is 0 Å². The fraction of sp³-hybridized carbons (Fsp3) is 0.571. The summed E-state index contributed by atoms with van der Waals surface area (Å²) in [6, 6.07) is 6.74. The van der Waals surface area contributed by atoms with Crippen molar-refractivity contribution in [1.29, 1.82) is 0 Å². The minimum atomic E-state index is 0. The van der Waals surface area contributed by atoms with Crippen LogP contribution in [0.25, 0.3) is 0 Å². The molecule has 0 bridgehead atoms. The van der Waals surface area contributed by atoms with Crippen molar-refractivity contribution in [2.24, 2.45) is 11.7 Å². The van der Waals surface area contributed by atoms with Crippen LogP contribution >= 0.6 is 28.3 Å². The van der Waals surface area contributed by atoms with E-state index in [-0.39, 0.29) is 18.4 Å². The zero-order chi connectivity index (χ0) is 11.5. The number of hydrogen-bond donors (Lipinski definition) is 1. The summed E-state index contributed by atoms with van der Waals surface area (Å²) >= 11 is 3.58. The predicted octanol–water partition coefficient (Wildman–Crippen LogP) is 4.76. The van der Waals surface area contributed by atoms with Crippen molar-refractivity contribution in [1.82, 2.24) is 0 Å². The van der Waals surface area contributed by atoms with E-state index in [2.05, 4.69) is 41.1 Å². The minimum Gasteiger partial charge on any atom is -0.324 e. The van der Waals surface area contributed by atoms with Gasteiger partial charge in [0, 0.05) is 10.5 Å². The van der Waals surface area contributed by atoms with Crippen LogP contribution in [0.3, 0.4) is 0 Å². The van der Waals surface area contributed by atoms with E-state index in [4.69, 9.17) is 5.73 Å². The normalized spacial score (nSPS) is 18.5. The molecule has 0 spiro atoms. The molecule has 1 atom stereocenters. The van der Waals surface area contributed by atoms with E-state index in [9.17, 15) is 0 Å². The SMILES string of the molecule is Cc1ccc([C@@H](N)C2CCCCC2)cc1Br.Cl. The van der Waals surface area contributed by atoms with Gasteiger partial charge in [0.2, 0.25) is 0 Å². The molecule has 0 aromatic heterocycles. The van der Waals surface area contributed by atoms with Gasteiger partial charge in [-0.25, -0.2) is 0 Å². The van der Waals surface area contributed by atoms with Crippen LogP contribution in [0, 0.1) is 12.8 Å². The van der Waals surface area contributed by atoms with Gasteiger partial charge in [0.1, 0.15) is 0 Å². The van der Waals surface area contributed by atoms with E-state index in [1.54, 1.807) is 0 Å². The minimum absolute atomic E-state index is 0. The zero-order valence-electron chi connectivity index (χ0n) is 10.3. The summed E-state index contributed by atoms with van der Waals surface area (Å²) in [4.78, 5) is 0. The van der Waals surface area contributed by atoms with Crippen LogP contribution in [0.4, 0.5) is 0 Å². The maximum Gasteiger partial charge on any atom is 0.0323 e. The van der Waals surface area contributed by atoms with E-state index in [1.165, 1.54) is 47.7 Å². The lowest BCUT2D eigenvalue weighted by Gasteiger charge is -2.28. The summed E-state index contributed by atoms with van der Waals surface area (Å²) in [7, 11) is 0. The van der Waals surface area contributed by atoms with Crippen molar-refractivity contribution in [3.63, 3.8) is 0 Å². The zero-order valence-corrected chi connectivity index (χ0v) is 12.7. The summed E-state index contributed by atoms with van der Waals surface area (Å²) in [5.41, 5.74) is 8.93. The lowest BCUT2D eigenvalue weighted by Crippen LogP contribution is -2.23. The number of halogens is 2. The third-order valence-electron chi connectivity index (χ3n) is 3.74. The van der Waals surface area contributed by atoms with Gasteiger partial charge in [-0.1, -0.05) is 47.3 Å². The molecule has 0 aliphatic heterocycles. The Kier molecular flexibility index (Phi) is 5.98. The molecule has 0 unspecified atom stereocenters. The number of nitrogens with two attached hydrogens (primary N) is 1. The molecule has 1 fully saturated rings. The second-order valence-electron chi connectivity index (χ2n) is 4.93. The summed E-state index contributed by atoms with van der Waals surface area (Å²) in [6.07, 6.45) is 6.69. The molecular weight excluding hydrogens is 298 g/mol. The smallest absolute Gasteiger partial charge is 0.0323 e. The van der Waals surface area contributed by atoms with Gasteiger partial charge in [-0.2, -0.15) is 0 Å². The van der Waals surface area contributed by atoms with Gasteiger partial charge in [0.05, 0.1) is 0 Å². The lowest BCUT2D eigenvalue weighted by atomic mass is 9.81. The Labute approximate surface area is 119 Å². The molecule has 0 saturated heterocycles. The second-order valence-corrected chi connectivity index (χ2v) is 5.79. The average molecular weight is 319 g/mol. The van der Waals surface area contributed by atoms with Gasteiger partial charge >= 0.3 is 0 Å². The molecule has 96 valence electrons. The highest BCUT2D eigenvalue weighted by Crippen LogP contribution is 2.34. The first kappa shape index (κ1) is 15.0. The first-order chi connectivity index (χ1) is 7.68. The van der Waals surface area contributed by atoms with Crippen molar-refractivity contribution in [3.05, 3.63) is 33.8 Å². The maximum atomic E-state index is 6.37. The Morgan fingerprint density at radius 3 is 2.47 bits per heavy atom. The summed E-state index contributed by atoms with van der Waals surface area (Å²) < 4.78 is 1.18. The second kappa shape index (κ2) is 6.77. The van der Waals surface area contributed by atoms with Crippen LogP contribution in [-0.4, -0.2) is 0 Å². The van der Waals surface area contributed by atoms with E-state index in [0.717, 1.165) is 0 Å². The molecular formula is C14H21BrClN. The molecule has 2 N–H and O–H groups in total. The molecule has 0 heterocycles. The molecule has 17 heavy (non-hydrogen) atoms. The lowest BCUT2D eigenvalue weighted by molar-refractivity contribution is 0.308. The predicted molar refractivity (Wildman–Crippen MR) is 79.6 cm³/mol. The molecule has 1 nitrogen and oxygen atoms in total. The number of benzene rings is 1. The van der Waals surface area contributed by atoms with Crippen molar-refractivity contribution in [3.8, 4) is 0 Å². The van der Waals surface area contributed by atoms with Gasteiger partial charge in [-0.3, -0.25) is 0 Å². The standard InChI is InChI=1S/C14H20BrN.ClH/c1-10-7-8-12(9-13(10)15)14(16)11-5-3-2-4-6-11;/h7-9,11,14H,2-6,16H2,1H3;1H/t14-;/m0./s1. The van der Waals surface area contributed by atoms with E-state index in [0.29, 0.717) is 5.92 Å². The van der Waals surface area contributed by atoms with Gasteiger partial charge in [-0.05, 0) is 42.9 Å². The number of rotatable bonds is 2. The molecule has 1 saturated carbocycles. The molecule has 1 aliphatic rings. The summed E-state index contributed by atoms with van der Waals surface area (Å²) in [5.74, 6) is 0.684. The van der Waals surface area contributed by atoms with Crippen LogP contribution in [0.2, 0.25) is 0 Å². The Balaban J connectivity index is 0.00000144. The van der Waals surface area contributed by atoms with Gasteiger partial charge in [0.15, 0.2) is 0 Å². The highest BCUT2D eigenvalue weighted by Gasteiger charge is 2.21. The van der Waals surface area contributed by atoms with Crippen LogP contribution in [0.15, 0.2) is 22.7 Å². The van der Waals surface area contributed by atoms with Crippen LogP contribution in [0.5, 0.6) is 0 Å². The van der Waals surface area contributed by atoms with Gasteiger partial charge in [0.25, 0.3) is 0 Å². The van der Waals surface area contributed by atoms with Crippen LogP contribution in [0.1, 0.15) is 49.3 Å². The topological polar surface area (TPSA) is 26.0 Å². The molecule has 0 amide bonds. The Morgan fingerprint density at radius 1 is 1.24 bits per heavy atom. The molecule has 2 rings (SSSR count). The fourth-order valence-electron chi connectivity index (χ4n) is 2.58. The fourth-order valence-corrected chi connectivity index (χ4v) is 2.98. The third kappa shape index (κ3) is 3.70. The molecule has 1 aliphatic carbocycles. The maximum absolute atomic E-state index is 6.37. The van der Waals surface area contributed by atoms with E-state index < -0.39 is 0 Å². The summed E-state index contributed by atoms with van der Waals surface area (Å²) in [5, 5.41) is 0. The van der Waals surface area contributed by atoms with Crippen molar-refractivity contribution in [2.75, 3.05) is 0 Å². The third-order valence-corrected chi connectivity index (χ3v) is 4.59. The Bertz CT molecular complexity index is 361. The largest absolute Gasteiger partial charge is 0.324 e.